The summed E-state index contributed by atoms with van der Waals surface area (Å²) in [5.74, 6) is -0.703. The minimum absolute atomic E-state index is 0.00920. The lowest BCUT2D eigenvalue weighted by Crippen LogP contribution is -2.48. The molecule has 156 valence electrons. The highest BCUT2D eigenvalue weighted by molar-refractivity contribution is 7.89. The molecule has 0 spiro atoms. The van der Waals surface area contributed by atoms with Crippen LogP contribution in [0.5, 0.6) is 5.75 Å². The van der Waals surface area contributed by atoms with Crippen LogP contribution in [0.2, 0.25) is 0 Å². The predicted molar refractivity (Wildman–Crippen MR) is 103 cm³/mol. The molecular weight excluding hydrogens is 385 g/mol. The van der Waals surface area contributed by atoms with Crippen molar-refractivity contribution >= 4 is 15.9 Å². The first-order chi connectivity index (χ1) is 13.3. The van der Waals surface area contributed by atoms with Crippen LogP contribution in [0.15, 0.2) is 23.1 Å². The number of nitrogens with one attached hydrogen (secondary N) is 1. The first-order valence-corrected chi connectivity index (χ1v) is 11.1. The van der Waals surface area contributed by atoms with E-state index in [4.69, 9.17) is 4.74 Å². The lowest BCUT2D eigenvalue weighted by molar-refractivity contribution is -0.127. The Hall–Kier alpha value is -1.71. The van der Waals surface area contributed by atoms with Crippen molar-refractivity contribution in [2.75, 3.05) is 40.3 Å². The maximum atomic E-state index is 13.6. The molecule has 1 N–H and O–H groups in total. The summed E-state index contributed by atoms with van der Waals surface area (Å²) >= 11 is 0. The zero-order valence-electron chi connectivity index (χ0n) is 16.4. The number of halogens is 1. The summed E-state index contributed by atoms with van der Waals surface area (Å²) < 4.78 is 45.8. The monoisotopic (exact) mass is 413 g/mol. The van der Waals surface area contributed by atoms with Crippen LogP contribution >= 0.6 is 0 Å². The Labute approximate surface area is 165 Å². The molecule has 1 aromatic carbocycles. The topological polar surface area (TPSA) is 79.0 Å². The summed E-state index contributed by atoms with van der Waals surface area (Å²) in [6.07, 6.45) is 2.79. The number of rotatable bonds is 5. The van der Waals surface area contributed by atoms with E-state index in [-0.39, 0.29) is 41.6 Å². The number of piperidine rings is 2. The minimum atomic E-state index is -3.88. The van der Waals surface area contributed by atoms with Gasteiger partial charge in [-0.15, -0.1) is 0 Å². The minimum Gasteiger partial charge on any atom is -0.495 e. The van der Waals surface area contributed by atoms with E-state index in [9.17, 15) is 17.6 Å². The molecule has 0 atom stereocenters. The quantitative estimate of drug-likeness (QED) is 0.790. The molecular formula is C19H28FN3O4S. The molecule has 2 fully saturated rings. The number of carbonyl (C=O) groups is 1. The standard InChI is InChI=1S/C19H28FN3O4S/c1-22-9-7-16(8-10-22)21-19(24)14-5-11-23(12-6-14)28(25,26)18-13-15(20)3-4-17(18)27-2/h3-4,13-14,16H,5-12H2,1-2H3,(H,21,24). The summed E-state index contributed by atoms with van der Waals surface area (Å²) in [4.78, 5) is 14.6. The number of hydrogen-bond donors (Lipinski definition) is 1. The molecule has 7 nitrogen and oxygen atoms in total. The predicted octanol–water partition coefficient (Wildman–Crippen LogP) is 1.45. The van der Waals surface area contributed by atoms with Crippen LogP contribution in [0.3, 0.4) is 0 Å². The average Bonchev–Trinajstić information content (AvgIpc) is 2.69. The summed E-state index contributed by atoms with van der Waals surface area (Å²) in [6.45, 7) is 2.40. The third-order valence-corrected chi connectivity index (χ3v) is 7.55. The molecule has 9 heteroatoms. The van der Waals surface area contributed by atoms with E-state index in [1.54, 1.807) is 0 Å². The van der Waals surface area contributed by atoms with Gasteiger partial charge in [0.25, 0.3) is 0 Å². The Morgan fingerprint density at radius 1 is 1.14 bits per heavy atom. The normalized spacial score (nSPS) is 20.8. The fourth-order valence-corrected chi connectivity index (χ4v) is 5.46. The van der Waals surface area contributed by atoms with E-state index in [1.165, 1.54) is 17.5 Å². The third kappa shape index (κ3) is 4.64. The van der Waals surface area contributed by atoms with Crippen molar-refractivity contribution in [1.29, 1.82) is 0 Å². The lowest BCUT2D eigenvalue weighted by atomic mass is 9.96. The summed E-state index contributed by atoms with van der Waals surface area (Å²) in [5, 5.41) is 3.12. The molecule has 0 radical (unpaired) electrons. The summed E-state index contributed by atoms with van der Waals surface area (Å²) in [6, 6.07) is 3.65. The number of likely N-dealkylation sites (tertiary alicyclic amines) is 1. The van der Waals surface area contributed by atoms with Gasteiger partial charge in [0.15, 0.2) is 0 Å². The molecule has 1 amide bonds. The molecule has 1 aromatic rings. The van der Waals surface area contributed by atoms with Gasteiger partial charge in [-0.25, -0.2) is 12.8 Å². The Morgan fingerprint density at radius 3 is 2.39 bits per heavy atom. The summed E-state index contributed by atoms with van der Waals surface area (Å²) in [7, 11) is -0.454. The van der Waals surface area contributed by atoms with Gasteiger partial charge in [-0.2, -0.15) is 4.31 Å². The molecule has 2 aliphatic rings. The van der Waals surface area contributed by atoms with Crippen molar-refractivity contribution < 1.29 is 22.3 Å². The van der Waals surface area contributed by atoms with Gasteiger partial charge in [0.2, 0.25) is 15.9 Å². The van der Waals surface area contributed by atoms with Gasteiger partial charge in [-0.3, -0.25) is 4.79 Å². The number of methoxy groups -OCH3 is 1. The number of ether oxygens (including phenoxy) is 1. The van der Waals surface area contributed by atoms with Crippen LogP contribution in [-0.4, -0.2) is 69.9 Å². The SMILES string of the molecule is COc1ccc(F)cc1S(=O)(=O)N1CCC(C(=O)NC2CCN(C)CC2)CC1. The summed E-state index contributed by atoms with van der Waals surface area (Å²) in [5.41, 5.74) is 0. The van der Waals surface area contributed by atoms with Gasteiger partial charge >= 0.3 is 0 Å². The van der Waals surface area contributed by atoms with Crippen molar-refractivity contribution in [2.45, 2.75) is 36.6 Å². The number of amides is 1. The molecule has 2 aliphatic heterocycles. The average molecular weight is 414 g/mol. The molecule has 2 heterocycles. The second-order valence-corrected chi connectivity index (χ2v) is 9.47. The Kier molecular flexibility index (Phi) is 6.57. The number of benzene rings is 1. The van der Waals surface area contributed by atoms with E-state index >= 15 is 0 Å². The van der Waals surface area contributed by atoms with Crippen LogP contribution in [0, 0.1) is 11.7 Å². The van der Waals surface area contributed by atoms with Crippen LogP contribution in [0.4, 0.5) is 4.39 Å². The van der Waals surface area contributed by atoms with Crippen LogP contribution in [-0.2, 0) is 14.8 Å². The van der Waals surface area contributed by atoms with Gasteiger partial charge in [0.1, 0.15) is 16.5 Å². The molecule has 0 aromatic heterocycles. The molecule has 0 aliphatic carbocycles. The van der Waals surface area contributed by atoms with E-state index in [1.807, 2.05) is 0 Å². The van der Waals surface area contributed by atoms with Crippen molar-refractivity contribution in [3.05, 3.63) is 24.0 Å². The number of nitrogens with zero attached hydrogens (tertiary/aromatic N) is 2. The Balaban J connectivity index is 1.60. The first-order valence-electron chi connectivity index (χ1n) is 9.64. The van der Waals surface area contributed by atoms with Crippen LogP contribution < -0.4 is 10.1 Å². The number of carbonyl (C=O) groups excluding carboxylic acids is 1. The molecule has 0 bridgehead atoms. The van der Waals surface area contributed by atoms with E-state index in [0.29, 0.717) is 12.8 Å². The third-order valence-electron chi connectivity index (χ3n) is 5.63. The second kappa shape index (κ2) is 8.75. The highest BCUT2D eigenvalue weighted by Crippen LogP contribution is 2.30. The van der Waals surface area contributed by atoms with Gasteiger partial charge in [0, 0.05) is 25.0 Å². The van der Waals surface area contributed by atoms with Crippen molar-refractivity contribution in [3.63, 3.8) is 0 Å². The second-order valence-electron chi connectivity index (χ2n) is 7.56. The highest BCUT2D eigenvalue weighted by atomic mass is 32.2. The number of hydrogen-bond acceptors (Lipinski definition) is 5. The van der Waals surface area contributed by atoms with Gasteiger partial charge in [-0.1, -0.05) is 0 Å². The van der Waals surface area contributed by atoms with E-state index < -0.39 is 15.8 Å². The zero-order chi connectivity index (χ0) is 20.3. The van der Waals surface area contributed by atoms with Gasteiger partial charge in [-0.05, 0) is 64.0 Å². The molecule has 0 unspecified atom stereocenters. The van der Waals surface area contributed by atoms with Gasteiger partial charge in [0.05, 0.1) is 7.11 Å². The smallest absolute Gasteiger partial charge is 0.246 e. The fraction of sp³-hybridized carbons (Fsp3) is 0.632. The maximum absolute atomic E-state index is 13.6. The van der Waals surface area contributed by atoms with E-state index in [0.717, 1.165) is 38.1 Å². The molecule has 0 saturated carbocycles. The van der Waals surface area contributed by atoms with Crippen molar-refractivity contribution in [1.82, 2.24) is 14.5 Å². The highest BCUT2D eigenvalue weighted by Gasteiger charge is 2.34. The van der Waals surface area contributed by atoms with Crippen LogP contribution in [0.25, 0.3) is 0 Å². The fourth-order valence-electron chi connectivity index (χ4n) is 3.82. The van der Waals surface area contributed by atoms with Crippen LogP contribution in [0.1, 0.15) is 25.7 Å². The lowest BCUT2D eigenvalue weighted by Gasteiger charge is -2.33. The zero-order valence-corrected chi connectivity index (χ0v) is 17.2. The number of sulfonamides is 1. The maximum Gasteiger partial charge on any atom is 0.246 e. The molecule has 28 heavy (non-hydrogen) atoms. The van der Waals surface area contributed by atoms with Crippen molar-refractivity contribution in [2.24, 2.45) is 5.92 Å². The largest absolute Gasteiger partial charge is 0.495 e. The van der Waals surface area contributed by atoms with Gasteiger partial charge < -0.3 is 15.0 Å². The van der Waals surface area contributed by atoms with E-state index in [2.05, 4.69) is 17.3 Å². The Morgan fingerprint density at radius 2 is 1.79 bits per heavy atom. The first kappa shape index (κ1) is 21.0. The Bertz CT molecular complexity index is 801. The molecule has 2 saturated heterocycles. The molecule has 3 rings (SSSR count). The van der Waals surface area contributed by atoms with Crippen molar-refractivity contribution in [3.8, 4) is 5.75 Å².